The summed E-state index contributed by atoms with van der Waals surface area (Å²) in [6, 6.07) is 62.9. The molecule has 0 aliphatic carbocycles. The van der Waals surface area contributed by atoms with E-state index in [1.807, 2.05) is 75.4 Å². The van der Waals surface area contributed by atoms with Crippen molar-refractivity contribution in [1.29, 1.82) is 0 Å². The molecular weight excluding hydrogens is 754 g/mol. The minimum atomic E-state index is -1.89. The molecule has 298 valence electrons. The summed E-state index contributed by atoms with van der Waals surface area (Å²) in [7, 11) is -1.89. The molecule has 0 aliphatic heterocycles. The number of nitrogens with one attached hydrogen (secondary N) is 1. The van der Waals surface area contributed by atoms with Crippen molar-refractivity contribution < 1.29 is 19.1 Å². The number of hydrogen-bond donors (Lipinski definition) is 1. The summed E-state index contributed by atoms with van der Waals surface area (Å²) in [6.45, 7) is 5.70. The van der Waals surface area contributed by atoms with E-state index in [0.29, 0.717) is 0 Å². The van der Waals surface area contributed by atoms with Crippen LogP contribution >= 0.6 is 19.0 Å². The van der Waals surface area contributed by atoms with Crippen LogP contribution in [0.25, 0.3) is 0 Å². The van der Waals surface area contributed by atoms with Gasteiger partial charge >= 0.3 is 12.1 Å². The van der Waals surface area contributed by atoms with Gasteiger partial charge in [0.05, 0.1) is 17.5 Å². The smallest absolute Gasteiger partial charge is 0.408 e. The molecule has 6 aromatic carbocycles. The third-order valence-electron chi connectivity index (χ3n) is 10.2. The third kappa shape index (κ3) is 10.7. The van der Waals surface area contributed by atoms with E-state index in [9.17, 15) is 9.59 Å². The van der Waals surface area contributed by atoms with Gasteiger partial charge in [0, 0.05) is 5.75 Å². The predicted octanol–water partition coefficient (Wildman–Crippen LogP) is 10.7. The quantitative estimate of drug-likeness (QED) is 0.0406. The van der Waals surface area contributed by atoms with Crippen LogP contribution in [-0.2, 0) is 19.0 Å². The maximum absolute atomic E-state index is 14.0. The number of carbonyl (C=O) groups excluding carboxylic acids is 2. The van der Waals surface area contributed by atoms with Crippen LogP contribution < -0.4 is 21.2 Å². The fraction of sp³-hybridized carbons (Fsp3) is 0.255. The van der Waals surface area contributed by atoms with Crippen LogP contribution in [0.5, 0.6) is 0 Å². The predicted molar refractivity (Wildman–Crippen MR) is 244 cm³/mol. The number of alkyl carbamates (subject to hydrolysis) is 1. The lowest BCUT2D eigenvalue weighted by Gasteiger charge is -2.36. The largest absolute Gasteiger partial charge is 0.464 e. The number of carbonyl (C=O) groups is 2. The molecule has 6 rings (SSSR count). The van der Waals surface area contributed by atoms with E-state index in [1.54, 1.807) is 11.8 Å². The number of esters is 1. The number of hydrogen-bond acceptors (Lipinski definition) is 5. The van der Waals surface area contributed by atoms with Crippen molar-refractivity contribution in [2.45, 2.75) is 62.8 Å². The van der Waals surface area contributed by atoms with E-state index in [0.717, 1.165) is 48.5 Å². The van der Waals surface area contributed by atoms with Crippen molar-refractivity contribution in [3.05, 3.63) is 199 Å². The van der Waals surface area contributed by atoms with Gasteiger partial charge in [-0.25, -0.2) is 9.59 Å². The highest BCUT2D eigenvalue weighted by Gasteiger charge is 2.44. The molecule has 0 aliphatic rings. The highest BCUT2D eigenvalue weighted by atomic mass is 32.2. The first kappa shape index (κ1) is 42.4. The van der Waals surface area contributed by atoms with Crippen molar-refractivity contribution in [2.75, 3.05) is 18.5 Å². The Balaban J connectivity index is 1.15. The number of rotatable bonds is 18. The Morgan fingerprint density at radius 2 is 0.931 bits per heavy atom. The fourth-order valence-electron chi connectivity index (χ4n) is 7.56. The van der Waals surface area contributed by atoms with Gasteiger partial charge in [0.15, 0.2) is 0 Å². The minimum absolute atomic E-state index is 0.251. The van der Waals surface area contributed by atoms with Gasteiger partial charge in [0.1, 0.15) is 34.8 Å². The molecule has 5 nitrogen and oxygen atoms in total. The van der Waals surface area contributed by atoms with E-state index in [-0.39, 0.29) is 12.4 Å². The molecule has 1 N–H and O–H groups in total. The SMILES string of the molecule is CC(C)(C)OC(=O)NC(CSC(c1ccccc1)(c1ccccc1)c1ccccc1)C(=O)OCCCCCC[P+](c1ccccc1)(c1ccccc1)c1ccccc1. The van der Waals surface area contributed by atoms with Gasteiger partial charge in [-0.05, 0) is 99.5 Å². The second-order valence-electron chi connectivity index (χ2n) is 15.4. The number of benzene rings is 6. The number of ether oxygens (including phenoxy) is 2. The van der Waals surface area contributed by atoms with Crippen LogP contribution in [-0.4, -0.2) is 42.2 Å². The lowest BCUT2D eigenvalue weighted by Crippen LogP contribution is -2.46. The van der Waals surface area contributed by atoms with Crippen LogP contribution in [0.4, 0.5) is 4.79 Å². The Hall–Kier alpha value is -5.16. The zero-order valence-corrected chi connectivity index (χ0v) is 35.5. The van der Waals surface area contributed by atoms with Gasteiger partial charge in [0.2, 0.25) is 0 Å². The van der Waals surface area contributed by atoms with Gasteiger partial charge in [0.25, 0.3) is 0 Å². The van der Waals surface area contributed by atoms with Crippen LogP contribution in [0.15, 0.2) is 182 Å². The molecule has 1 amide bonds. The Morgan fingerprint density at radius 1 is 0.552 bits per heavy atom. The molecule has 0 saturated heterocycles. The Labute approximate surface area is 349 Å². The average molecular weight is 809 g/mol. The minimum Gasteiger partial charge on any atom is -0.464 e. The molecule has 0 radical (unpaired) electrons. The average Bonchev–Trinajstić information content (AvgIpc) is 3.26. The highest BCUT2D eigenvalue weighted by molar-refractivity contribution is 8.00. The van der Waals surface area contributed by atoms with Crippen molar-refractivity contribution in [1.82, 2.24) is 5.32 Å². The number of unbranched alkanes of at least 4 members (excludes halogenated alkanes) is 3. The first-order valence-corrected chi connectivity index (χ1v) is 23.2. The molecule has 1 atom stereocenters. The highest BCUT2D eigenvalue weighted by Crippen LogP contribution is 2.56. The van der Waals surface area contributed by atoms with Gasteiger partial charge in [-0.2, -0.15) is 0 Å². The Bertz CT molecular complexity index is 1940. The zero-order valence-electron chi connectivity index (χ0n) is 33.8. The molecule has 0 heterocycles. The van der Waals surface area contributed by atoms with Crippen LogP contribution in [0, 0.1) is 0 Å². The van der Waals surface area contributed by atoms with E-state index >= 15 is 0 Å². The topological polar surface area (TPSA) is 64.6 Å². The van der Waals surface area contributed by atoms with Gasteiger partial charge < -0.3 is 14.8 Å². The maximum atomic E-state index is 14.0. The summed E-state index contributed by atoms with van der Waals surface area (Å²) >= 11 is 1.60. The molecule has 0 saturated carbocycles. The molecule has 1 unspecified atom stereocenters. The van der Waals surface area contributed by atoms with Crippen molar-refractivity contribution in [3.8, 4) is 0 Å². The van der Waals surface area contributed by atoms with Gasteiger partial charge in [-0.15, -0.1) is 11.8 Å². The molecule has 0 fully saturated rings. The number of amides is 1. The monoisotopic (exact) mass is 808 g/mol. The van der Waals surface area contributed by atoms with Crippen LogP contribution in [0.1, 0.15) is 63.1 Å². The first-order chi connectivity index (χ1) is 28.2. The van der Waals surface area contributed by atoms with E-state index < -0.39 is 35.7 Å². The summed E-state index contributed by atoms with van der Waals surface area (Å²) < 4.78 is 10.9. The van der Waals surface area contributed by atoms with Crippen molar-refractivity contribution in [3.63, 3.8) is 0 Å². The summed E-state index contributed by atoms with van der Waals surface area (Å²) in [6.07, 6.45) is 4.10. The molecule has 0 spiro atoms. The standard InChI is InChI=1S/C51H54NO4PS/c1-50(2,3)56-49(54)52-47(40-58-51(41-26-12-6-13-27-41,42-28-14-7-15-29-42)43-30-16-8-17-31-43)48(53)55-38-24-4-5-25-39-57(44-32-18-9-19-33-44,45-34-20-10-21-35-45)46-36-22-11-23-37-46/h6-23,26-37,47H,4-5,24-25,38-40H2,1-3H3/p+1. The molecule has 0 aromatic heterocycles. The summed E-state index contributed by atoms with van der Waals surface area (Å²) in [4.78, 5) is 27.2. The summed E-state index contributed by atoms with van der Waals surface area (Å²) in [5, 5.41) is 7.03. The van der Waals surface area contributed by atoms with E-state index in [1.165, 1.54) is 15.9 Å². The normalized spacial score (nSPS) is 12.3. The fourth-order valence-corrected chi connectivity index (χ4v) is 13.5. The van der Waals surface area contributed by atoms with E-state index in [2.05, 4.69) is 133 Å². The molecular formula is C51H55NO4PS+. The summed E-state index contributed by atoms with van der Waals surface area (Å²) in [5.41, 5.74) is 2.48. The van der Waals surface area contributed by atoms with Gasteiger partial charge in [-0.3, -0.25) is 0 Å². The van der Waals surface area contributed by atoms with Crippen LogP contribution in [0.3, 0.4) is 0 Å². The second kappa shape index (κ2) is 20.5. The maximum Gasteiger partial charge on any atom is 0.408 e. The zero-order chi connectivity index (χ0) is 40.7. The first-order valence-electron chi connectivity index (χ1n) is 20.2. The Morgan fingerprint density at radius 3 is 1.33 bits per heavy atom. The lowest BCUT2D eigenvalue weighted by atomic mass is 9.84. The number of thioether (sulfide) groups is 1. The molecule has 0 bridgehead atoms. The molecule has 58 heavy (non-hydrogen) atoms. The van der Waals surface area contributed by atoms with Crippen molar-refractivity contribution >= 4 is 47.0 Å². The second-order valence-corrected chi connectivity index (χ2v) is 20.3. The van der Waals surface area contributed by atoms with Crippen LogP contribution in [0.2, 0.25) is 0 Å². The summed E-state index contributed by atoms with van der Waals surface area (Å²) in [5.74, 6) is -0.218. The lowest BCUT2D eigenvalue weighted by molar-refractivity contribution is -0.145. The van der Waals surface area contributed by atoms with E-state index in [4.69, 9.17) is 9.47 Å². The van der Waals surface area contributed by atoms with Crippen molar-refractivity contribution in [2.24, 2.45) is 0 Å². The molecule has 6 aromatic rings. The third-order valence-corrected chi connectivity index (χ3v) is 16.4. The van der Waals surface area contributed by atoms with Gasteiger partial charge in [-0.1, -0.05) is 146 Å². The molecule has 7 heteroatoms. The Kier molecular flexibility index (Phi) is 15.0.